The number of carbonyl (C=O) groups excluding carboxylic acids is 1. The van der Waals surface area contributed by atoms with Gasteiger partial charge in [0.2, 0.25) is 5.88 Å². The Morgan fingerprint density at radius 2 is 2.00 bits per heavy atom. The third-order valence-corrected chi connectivity index (χ3v) is 10.6. The zero-order chi connectivity index (χ0) is 33.7. The highest BCUT2D eigenvalue weighted by Crippen LogP contribution is 2.45. The molecule has 3 aromatic heterocycles. The van der Waals surface area contributed by atoms with Crippen molar-refractivity contribution in [3.8, 4) is 34.9 Å². The van der Waals surface area contributed by atoms with Crippen molar-refractivity contribution in [3.05, 3.63) is 52.6 Å². The quantitative estimate of drug-likeness (QED) is 0.194. The molecular weight excluding hydrogens is 629 g/mol. The highest BCUT2D eigenvalue weighted by Gasteiger charge is 2.33. The summed E-state index contributed by atoms with van der Waals surface area (Å²) in [6.45, 7) is 7.48. The highest BCUT2D eigenvalue weighted by atomic mass is 35.5. The number of piperidine rings is 1. The Hall–Kier alpha value is -4.64. The Morgan fingerprint density at radius 1 is 1.17 bits per heavy atom. The second-order valence-electron chi connectivity index (χ2n) is 13.0. The second-order valence-corrected chi connectivity index (χ2v) is 13.4. The predicted molar refractivity (Wildman–Crippen MR) is 185 cm³/mol. The summed E-state index contributed by atoms with van der Waals surface area (Å²) < 4.78 is 25.8. The van der Waals surface area contributed by atoms with Gasteiger partial charge in [0.05, 0.1) is 40.1 Å². The summed E-state index contributed by atoms with van der Waals surface area (Å²) in [4.78, 5) is 21.7. The molecule has 48 heavy (non-hydrogen) atoms. The number of carbonyl (C=O) groups is 1. The molecule has 0 unspecified atom stereocenters. The lowest BCUT2D eigenvalue weighted by Gasteiger charge is -2.38. The van der Waals surface area contributed by atoms with E-state index < -0.39 is 5.82 Å². The molecule has 2 fully saturated rings. The third-order valence-electron chi connectivity index (χ3n) is 10.3. The Morgan fingerprint density at radius 3 is 2.75 bits per heavy atom. The Bertz CT molecular complexity index is 2190. The monoisotopic (exact) mass is 665 g/mol. The average Bonchev–Trinajstić information content (AvgIpc) is 3.82. The number of nitriles is 1. The fourth-order valence-corrected chi connectivity index (χ4v) is 7.94. The second kappa shape index (κ2) is 12.8. The maximum Gasteiger partial charge on any atom is 0.298 e. The topological polar surface area (TPSA) is 103 Å². The van der Waals surface area contributed by atoms with E-state index in [1.165, 1.54) is 0 Å². The lowest BCUT2D eigenvalue weighted by Crippen LogP contribution is -2.45. The van der Waals surface area contributed by atoms with Crippen LogP contribution in [0.2, 0.25) is 5.02 Å². The number of H-pyrrole nitrogens is 1. The maximum atomic E-state index is 17.2. The number of pyridine rings is 1. The van der Waals surface area contributed by atoms with E-state index in [0.29, 0.717) is 42.8 Å². The largest absolute Gasteiger partial charge is 0.476 e. The highest BCUT2D eigenvalue weighted by molar-refractivity contribution is 6.35. The third kappa shape index (κ3) is 5.34. The van der Waals surface area contributed by atoms with Crippen molar-refractivity contribution in [1.29, 1.82) is 5.26 Å². The standard InChI is InChI=1S/C37H37ClFN7O2/c1-5-7-31(47)45-14-10-24(17-23(45)9-12-40)46-15-11-26-36(46)27-18-29(38)33(32-22(3)21(2)16-30-28(32)19-41-43-30)34(39)35(27)42-37(26)48-20-25-8-6-13-44(25)4/h11,15-16,18-19,23-25H,6,8-10,13-14,17,20H2,1-4H3,(H,41,43)/t23-,24+,25+/m1/s1. The summed E-state index contributed by atoms with van der Waals surface area (Å²) in [6, 6.07) is 7.91. The van der Waals surface area contributed by atoms with Gasteiger partial charge in [-0.1, -0.05) is 17.5 Å². The molecule has 0 bridgehead atoms. The van der Waals surface area contributed by atoms with Crippen molar-refractivity contribution in [2.75, 3.05) is 26.7 Å². The normalized spacial score (nSPS) is 19.9. The molecule has 5 aromatic rings. The van der Waals surface area contributed by atoms with Gasteiger partial charge in [-0.2, -0.15) is 10.4 Å². The van der Waals surface area contributed by atoms with Gasteiger partial charge in [-0.25, -0.2) is 9.37 Å². The van der Waals surface area contributed by atoms with Crippen LogP contribution in [-0.4, -0.2) is 74.3 Å². The number of rotatable bonds is 6. The molecule has 5 heterocycles. The zero-order valence-corrected chi connectivity index (χ0v) is 28.3. The van der Waals surface area contributed by atoms with Crippen LogP contribution in [0.1, 0.15) is 56.2 Å². The van der Waals surface area contributed by atoms with Crippen LogP contribution in [-0.2, 0) is 4.79 Å². The first-order valence-electron chi connectivity index (χ1n) is 16.4. The molecule has 1 amide bonds. The van der Waals surface area contributed by atoms with E-state index in [2.05, 4.69) is 44.6 Å². The molecule has 3 atom stereocenters. The van der Waals surface area contributed by atoms with Crippen LogP contribution in [0.3, 0.4) is 0 Å². The van der Waals surface area contributed by atoms with Gasteiger partial charge in [-0.05, 0) is 95.3 Å². The van der Waals surface area contributed by atoms with Gasteiger partial charge in [-0.3, -0.25) is 9.89 Å². The van der Waals surface area contributed by atoms with Crippen molar-refractivity contribution in [2.45, 2.75) is 71.0 Å². The summed E-state index contributed by atoms with van der Waals surface area (Å²) >= 11 is 7.05. The van der Waals surface area contributed by atoms with Gasteiger partial charge < -0.3 is 19.1 Å². The number of halogens is 2. The number of nitrogens with zero attached hydrogens (tertiary/aromatic N) is 6. The number of benzene rings is 2. The molecule has 9 nitrogen and oxygen atoms in total. The van der Waals surface area contributed by atoms with Gasteiger partial charge >= 0.3 is 0 Å². The first kappa shape index (κ1) is 31.9. The first-order valence-corrected chi connectivity index (χ1v) is 16.8. The number of aromatic amines is 1. The summed E-state index contributed by atoms with van der Waals surface area (Å²) in [5.41, 5.74) is 4.60. The van der Waals surface area contributed by atoms with Crippen molar-refractivity contribution in [2.24, 2.45) is 0 Å². The molecule has 11 heteroatoms. The average molecular weight is 666 g/mol. The number of likely N-dealkylation sites (N-methyl/N-ethyl adjacent to an activating group) is 1. The number of nitrogens with one attached hydrogen (secondary N) is 1. The molecule has 1 N–H and O–H groups in total. The SMILES string of the molecule is CC#CC(=O)N1CC[C@H](n2ccc3c(OC[C@@H]4CCCN4C)nc4c(F)c(-c5c(C)c(C)cc6[nH]ncc56)c(Cl)cc4c32)C[C@H]1CC#N. The number of ether oxygens (including phenoxy) is 1. The van der Waals surface area contributed by atoms with Gasteiger partial charge in [0.1, 0.15) is 12.1 Å². The van der Waals surface area contributed by atoms with Crippen LogP contribution in [0.4, 0.5) is 4.39 Å². The van der Waals surface area contributed by atoms with Crippen molar-refractivity contribution in [1.82, 2.24) is 29.5 Å². The van der Waals surface area contributed by atoms with E-state index in [9.17, 15) is 10.1 Å². The fourth-order valence-electron chi connectivity index (χ4n) is 7.65. The minimum absolute atomic E-state index is 0.0648. The Kier molecular flexibility index (Phi) is 8.49. The van der Waals surface area contributed by atoms with E-state index >= 15 is 4.39 Å². The predicted octanol–water partition coefficient (Wildman–Crippen LogP) is 7.08. The van der Waals surface area contributed by atoms with Crippen LogP contribution in [0.25, 0.3) is 43.8 Å². The maximum absolute atomic E-state index is 17.2. The molecule has 0 aliphatic carbocycles. The molecule has 0 spiro atoms. The van der Waals surface area contributed by atoms with E-state index in [4.69, 9.17) is 21.3 Å². The molecule has 2 aliphatic rings. The smallest absolute Gasteiger partial charge is 0.298 e. The lowest BCUT2D eigenvalue weighted by molar-refractivity contribution is -0.129. The van der Waals surface area contributed by atoms with Gasteiger partial charge in [0, 0.05) is 52.8 Å². The molecule has 0 saturated carbocycles. The lowest BCUT2D eigenvalue weighted by atomic mass is 9.92. The molecular formula is C37H37ClFN7O2. The first-order chi connectivity index (χ1) is 23.2. The van der Waals surface area contributed by atoms with E-state index in [1.54, 1.807) is 18.0 Å². The van der Waals surface area contributed by atoms with Gasteiger partial charge in [0.25, 0.3) is 5.91 Å². The van der Waals surface area contributed by atoms with Crippen LogP contribution in [0.5, 0.6) is 5.88 Å². The molecule has 2 aromatic carbocycles. The molecule has 2 saturated heterocycles. The van der Waals surface area contributed by atoms with Crippen molar-refractivity contribution >= 4 is 50.2 Å². The summed E-state index contributed by atoms with van der Waals surface area (Å²) in [5.74, 6) is 4.90. The van der Waals surface area contributed by atoms with E-state index in [0.717, 1.165) is 52.3 Å². The molecule has 246 valence electrons. The minimum atomic E-state index is -0.521. The zero-order valence-electron chi connectivity index (χ0n) is 27.5. The van der Waals surface area contributed by atoms with E-state index in [-0.39, 0.29) is 46.6 Å². The summed E-state index contributed by atoms with van der Waals surface area (Å²) in [5, 5.41) is 19.3. The number of hydrogen-bond acceptors (Lipinski definition) is 6. The van der Waals surface area contributed by atoms with Crippen LogP contribution in [0.15, 0.2) is 30.6 Å². The number of likely N-dealkylation sites (tertiary alicyclic amines) is 2. The van der Waals surface area contributed by atoms with Crippen LogP contribution < -0.4 is 4.74 Å². The number of amides is 1. The number of aromatic nitrogens is 4. The van der Waals surface area contributed by atoms with Crippen LogP contribution >= 0.6 is 11.6 Å². The molecule has 2 aliphatic heterocycles. The molecule has 7 rings (SSSR count). The summed E-state index contributed by atoms with van der Waals surface area (Å²) in [7, 11) is 2.09. The molecule has 0 radical (unpaired) electrons. The van der Waals surface area contributed by atoms with Crippen molar-refractivity contribution in [3.63, 3.8) is 0 Å². The van der Waals surface area contributed by atoms with Crippen molar-refractivity contribution < 1.29 is 13.9 Å². The van der Waals surface area contributed by atoms with Crippen LogP contribution in [0, 0.1) is 42.8 Å². The van der Waals surface area contributed by atoms with Gasteiger partial charge in [0.15, 0.2) is 5.82 Å². The minimum Gasteiger partial charge on any atom is -0.476 e. The van der Waals surface area contributed by atoms with E-state index in [1.807, 2.05) is 38.2 Å². The summed E-state index contributed by atoms with van der Waals surface area (Å²) in [6.07, 6.45) is 7.20. The van der Waals surface area contributed by atoms with Gasteiger partial charge in [-0.15, -0.1) is 0 Å². The Labute approximate surface area is 283 Å². The number of aryl methyl sites for hydroxylation is 1. The fraction of sp³-hybridized carbons (Fsp3) is 0.405. The number of hydrogen-bond donors (Lipinski definition) is 1. The Balaban J connectivity index is 1.41. The number of fused-ring (bicyclic) bond motifs is 4.